The van der Waals surface area contributed by atoms with Gasteiger partial charge in [0.2, 0.25) is 47.3 Å². The van der Waals surface area contributed by atoms with Crippen LogP contribution < -0.4 is 65.5 Å². The molecule has 18 N–H and O–H groups in total. The molecular weight excluding hydrogens is 935 g/mol. The van der Waals surface area contributed by atoms with Crippen molar-refractivity contribution in [2.75, 3.05) is 19.6 Å². The minimum absolute atomic E-state index is 0.00677. The summed E-state index contributed by atoms with van der Waals surface area (Å²) >= 11 is 0. The van der Waals surface area contributed by atoms with Gasteiger partial charge in [0.25, 0.3) is 0 Å². The number of H-pyrrole nitrogens is 1. The number of hydrogen-bond acceptors (Lipinski definition) is 11. The zero-order chi connectivity index (χ0) is 52.7. The molecule has 1 unspecified atom stereocenters. The first-order valence-corrected chi connectivity index (χ1v) is 23.6. The molecule has 0 bridgehead atoms. The van der Waals surface area contributed by atoms with Crippen LogP contribution in [0.5, 0.6) is 0 Å². The molecule has 0 radical (unpaired) electrons. The van der Waals surface area contributed by atoms with Gasteiger partial charge in [-0.1, -0.05) is 48.5 Å². The molecule has 8 amide bonds. The van der Waals surface area contributed by atoms with E-state index in [0.717, 1.165) is 10.9 Å². The number of carbonyl (C=O) groups is 9. The lowest BCUT2D eigenvalue weighted by molar-refractivity contribution is -0.142. The molecule has 1 aromatic heterocycles. The predicted molar refractivity (Wildman–Crippen MR) is 266 cm³/mol. The Bertz CT molecular complexity index is 2440. The second-order valence-electron chi connectivity index (χ2n) is 17.3. The van der Waals surface area contributed by atoms with E-state index >= 15 is 0 Å². The van der Waals surface area contributed by atoms with Crippen molar-refractivity contribution in [3.05, 3.63) is 71.9 Å². The van der Waals surface area contributed by atoms with Gasteiger partial charge in [-0.15, -0.1) is 0 Å². The van der Waals surface area contributed by atoms with Crippen molar-refractivity contribution in [1.29, 1.82) is 0 Å². The number of benzene rings is 2. The molecule has 390 valence electrons. The first-order chi connectivity index (χ1) is 34.3. The summed E-state index contributed by atoms with van der Waals surface area (Å²) in [7, 11) is 0. The second kappa shape index (κ2) is 28.4. The first-order valence-electron chi connectivity index (χ1n) is 23.6. The number of fused-ring (bicyclic) bond motifs is 1. The van der Waals surface area contributed by atoms with E-state index in [1.807, 2.05) is 18.2 Å². The van der Waals surface area contributed by atoms with Crippen LogP contribution in [0.3, 0.4) is 0 Å². The number of aromatic amines is 1. The summed E-state index contributed by atoms with van der Waals surface area (Å²) in [6, 6.07) is 6.13. The standard InChI is InChI=1S/C47H67N15O10/c1-26-39(65)60-35(22-28-12-4-3-5-13-28)43(69)58-33(18-11-21-54-47(50)51)41(67)61-36(23-29-25-55-31-15-7-6-14-30(29)31)44(70)59-34(45(71)72)16-8-9-19-52-38(64)24-37(42(68)56-26)62-40(66)32(57-27(2)63)17-10-20-53-46(48)49/h3-7,12-15,25-26,32-37,55H,8-11,16-24H2,1-2H3,(H,52,64)(H,56,68)(H,57,63)(H,58,69)(H,59,70)(H,60,65)(H,61,67)(H,62,66)(H,71,72)(H4,48,49,53)(H4,50,51,54)/t26?,32-,33-,34-,35+,36-,37-/m0/s1. The number of nitrogens with one attached hydrogen (secondary N) is 9. The molecule has 0 spiro atoms. The number of aliphatic carboxylic acids is 1. The fraction of sp³-hybridized carbons (Fsp3) is 0.468. The lowest BCUT2D eigenvalue weighted by Crippen LogP contribution is -2.60. The average Bonchev–Trinajstić information content (AvgIpc) is 3.74. The summed E-state index contributed by atoms with van der Waals surface area (Å²) in [5.41, 5.74) is 23.9. The highest BCUT2D eigenvalue weighted by Gasteiger charge is 2.34. The Hall–Kier alpha value is -8.25. The van der Waals surface area contributed by atoms with Gasteiger partial charge in [0.15, 0.2) is 11.9 Å². The van der Waals surface area contributed by atoms with Gasteiger partial charge in [0.05, 0.1) is 6.42 Å². The minimum atomic E-state index is -1.60. The van der Waals surface area contributed by atoms with Gasteiger partial charge in [-0.2, -0.15) is 0 Å². The topological polar surface area (TPSA) is 415 Å². The van der Waals surface area contributed by atoms with E-state index in [1.54, 1.807) is 42.6 Å². The number of guanidine groups is 2. The molecule has 72 heavy (non-hydrogen) atoms. The number of carboxylic acids is 1. The van der Waals surface area contributed by atoms with E-state index in [1.165, 1.54) is 13.8 Å². The Morgan fingerprint density at radius 1 is 0.736 bits per heavy atom. The van der Waals surface area contributed by atoms with Crippen LogP contribution in [0.2, 0.25) is 0 Å². The quantitative estimate of drug-likeness (QED) is 0.0394. The van der Waals surface area contributed by atoms with E-state index in [4.69, 9.17) is 22.9 Å². The average molecular weight is 1000 g/mol. The summed E-state index contributed by atoms with van der Waals surface area (Å²) in [5, 5.41) is 31.8. The van der Waals surface area contributed by atoms with E-state index in [-0.39, 0.29) is 89.3 Å². The lowest BCUT2D eigenvalue weighted by atomic mass is 10.0. The molecule has 7 atom stereocenters. The number of rotatable bonds is 16. The number of para-hydroxylation sites is 1. The maximum atomic E-state index is 14.4. The summed E-state index contributed by atoms with van der Waals surface area (Å²) in [6.45, 7) is 2.67. The third kappa shape index (κ3) is 18.9. The van der Waals surface area contributed by atoms with Crippen LogP contribution in [-0.2, 0) is 56.0 Å². The third-order valence-electron chi connectivity index (χ3n) is 11.5. The van der Waals surface area contributed by atoms with Crippen molar-refractivity contribution in [1.82, 2.24) is 47.5 Å². The predicted octanol–water partition coefficient (Wildman–Crippen LogP) is -2.73. The largest absolute Gasteiger partial charge is 0.480 e. The van der Waals surface area contributed by atoms with Crippen molar-refractivity contribution in [2.24, 2.45) is 32.9 Å². The number of aliphatic imine (C=N–C) groups is 2. The Morgan fingerprint density at radius 3 is 2.03 bits per heavy atom. The molecule has 1 saturated heterocycles. The smallest absolute Gasteiger partial charge is 0.326 e. The Labute approximate surface area is 415 Å². The van der Waals surface area contributed by atoms with Crippen LogP contribution in [-0.4, -0.2) is 137 Å². The van der Waals surface area contributed by atoms with Crippen LogP contribution in [0.1, 0.15) is 76.3 Å². The van der Waals surface area contributed by atoms with Crippen molar-refractivity contribution in [3.63, 3.8) is 0 Å². The first kappa shape index (κ1) is 56.3. The molecule has 1 aliphatic rings. The highest BCUT2D eigenvalue weighted by atomic mass is 16.4. The molecule has 25 heteroatoms. The van der Waals surface area contributed by atoms with E-state index < -0.39 is 102 Å². The molecule has 1 fully saturated rings. The van der Waals surface area contributed by atoms with Gasteiger partial charge in [-0.3, -0.25) is 48.3 Å². The van der Waals surface area contributed by atoms with Gasteiger partial charge in [-0.25, -0.2) is 4.79 Å². The van der Waals surface area contributed by atoms with Crippen molar-refractivity contribution in [3.8, 4) is 0 Å². The molecule has 1 aliphatic heterocycles. The van der Waals surface area contributed by atoms with Crippen molar-refractivity contribution < 1.29 is 48.3 Å². The minimum Gasteiger partial charge on any atom is -0.480 e. The third-order valence-corrected chi connectivity index (χ3v) is 11.5. The molecule has 0 aliphatic carbocycles. The highest BCUT2D eigenvalue weighted by molar-refractivity contribution is 5.99. The SMILES string of the molecule is CC(=O)N[C@@H](CCCN=C(N)N)C(=O)N[C@H]1CC(=O)NCCCC[C@@H](C(=O)O)NC(=O)[C@H](Cc2c[nH]c3ccccc23)NC(=O)[C@H](CCCN=C(N)N)NC(=O)[C@@H](Cc2ccccc2)NC(=O)C(C)NC1=O. The summed E-state index contributed by atoms with van der Waals surface area (Å²) < 4.78 is 0. The number of nitrogens with zero attached hydrogens (tertiary/aromatic N) is 2. The van der Waals surface area contributed by atoms with Gasteiger partial charge in [-0.05, 0) is 69.1 Å². The second-order valence-corrected chi connectivity index (χ2v) is 17.3. The van der Waals surface area contributed by atoms with E-state index in [9.17, 15) is 48.3 Å². The number of nitrogens with two attached hydrogens (primary N) is 4. The number of carboxylic acid groups (broad SMARTS) is 1. The maximum absolute atomic E-state index is 14.4. The van der Waals surface area contributed by atoms with Gasteiger partial charge in [0.1, 0.15) is 42.3 Å². The van der Waals surface area contributed by atoms with Crippen molar-refractivity contribution >= 4 is 76.0 Å². The Morgan fingerprint density at radius 2 is 1.35 bits per heavy atom. The van der Waals surface area contributed by atoms with Gasteiger partial charge >= 0.3 is 5.97 Å². The van der Waals surface area contributed by atoms with Crippen LogP contribution >= 0.6 is 0 Å². The zero-order valence-corrected chi connectivity index (χ0v) is 40.3. The number of hydrogen-bond donors (Lipinski definition) is 14. The lowest BCUT2D eigenvalue weighted by Gasteiger charge is -2.27. The van der Waals surface area contributed by atoms with Crippen LogP contribution in [0.15, 0.2) is 70.8 Å². The van der Waals surface area contributed by atoms with Gasteiger partial charge < -0.3 is 75.6 Å². The molecule has 3 aromatic rings. The monoisotopic (exact) mass is 1000 g/mol. The number of amides is 8. The number of aromatic nitrogens is 1. The fourth-order valence-corrected chi connectivity index (χ4v) is 7.77. The maximum Gasteiger partial charge on any atom is 0.326 e. The number of carbonyl (C=O) groups excluding carboxylic acids is 8. The summed E-state index contributed by atoms with van der Waals surface area (Å²) in [4.78, 5) is 134. The summed E-state index contributed by atoms with van der Waals surface area (Å²) in [6.07, 6.45) is 1.51. The van der Waals surface area contributed by atoms with Crippen molar-refractivity contribution in [2.45, 2.75) is 120 Å². The normalized spacial score (nSPS) is 21.5. The van der Waals surface area contributed by atoms with Gasteiger partial charge in [0, 0.05) is 56.5 Å². The molecular formula is C47H67N15O10. The Balaban J connectivity index is 1.71. The molecule has 25 nitrogen and oxygen atoms in total. The van der Waals surface area contributed by atoms with Crippen LogP contribution in [0, 0.1) is 0 Å². The fourth-order valence-electron chi connectivity index (χ4n) is 7.77. The molecule has 0 saturated carbocycles. The highest BCUT2D eigenvalue weighted by Crippen LogP contribution is 2.20. The van der Waals surface area contributed by atoms with E-state index in [0.29, 0.717) is 11.1 Å². The molecule has 2 heterocycles. The van der Waals surface area contributed by atoms with E-state index in [2.05, 4.69) is 57.5 Å². The van der Waals surface area contributed by atoms with Crippen LogP contribution in [0.25, 0.3) is 10.9 Å². The Kier molecular flexibility index (Phi) is 22.2. The molecule has 2 aromatic carbocycles. The zero-order valence-electron chi connectivity index (χ0n) is 40.3. The van der Waals surface area contributed by atoms with Crippen LogP contribution in [0.4, 0.5) is 0 Å². The molecule has 4 rings (SSSR count). The summed E-state index contributed by atoms with van der Waals surface area (Å²) in [5.74, 6) is -8.17.